The number of aliphatic hydroxyl groups is 2. The standard InChI is InChI=1S/C41H75NO3/c1-3-5-7-9-11-13-15-16-17-18-19-20-21-22-23-24-25-26-27-28-30-32-34-36-40(44)39(38-43)42-41(45)37-35-33-31-29-14-12-10-8-6-4-2/h10,12,23-24,27-28,34,36,39-40,43-44H,3-9,11,13-22,25-26,29-33,35,37-38H2,1-2H3,(H,42,45)/b12-10-,24-23+,28-27+,36-34+. The van der Waals surface area contributed by atoms with E-state index in [1.54, 1.807) is 6.08 Å². The number of hydrogen-bond donors (Lipinski definition) is 3. The van der Waals surface area contributed by atoms with E-state index < -0.39 is 12.1 Å². The average molecular weight is 630 g/mol. The molecule has 0 saturated heterocycles. The third-order valence-electron chi connectivity index (χ3n) is 8.51. The summed E-state index contributed by atoms with van der Waals surface area (Å²) in [6.45, 7) is 4.23. The van der Waals surface area contributed by atoms with Gasteiger partial charge in [-0.15, -0.1) is 0 Å². The predicted molar refractivity (Wildman–Crippen MR) is 198 cm³/mol. The van der Waals surface area contributed by atoms with E-state index in [-0.39, 0.29) is 12.5 Å². The zero-order valence-electron chi connectivity index (χ0n) is 29.9. The molecule has 1 amide bonds. The lowest BCUT2D eigenvalue weighted by Gasteiger charge is -2.19. The largest absolute Gasteiger partial charge is 0.394 e. The Morgan fingerprint density at radius 3 is 1.36 bits per heavy atom. The number of carbonyl (C=O) groups excluding carboxylic acids is 1. The highest BCUT2D eigenvalue weighted by Gasteiger charge is 2.17. The van der Waals surface area contributed by atoms with Crippen molar-refractivity contribution >= 4 is 5.91 Å². The zero-order valence-corrected chi connectivity index (χ0v) is 29.9. The van der Waals surface area contributed by atoms with Crippen molar-refractivity contribution in [1.82, 2.24) is 5.32 Å². The van der Waals surface area contributed by atoms with Crippen molar-refractivity contribution in [2.45, 2.75) is 199 Å². The van der Waals surface area contributed by atoms with Crippen LogP contribution in [0.4, 0.5) is 0 Å². The fourth-order valence-corrected chi connectivity index (χ4v) is 5.48. The van der Waals surface area contributed by atoms with Crippen molar-refractivity contribution in [2.24, 2.45) is 0 Å². The molecule has 2 unspecified atom stereocenters. The molecule has 0 fully saturated rings. The molecular weight excluding hydrogens is 554 g/mol. The van der Waals surface area contributed by atoms with Gasteiger partial charge < -0.3 is 15.5 Å². The van der Waals surface area contributed by atoms with Crippen molar-refractivity contribution in [3.05, 3.63) is 48.6 Å². The molecule has 0 spiro atoms. The first-order valence-corrected chi connectivity index (χ1v) is 19.4. The smallest absolute Gasteiger partial charge is 0.220 e. The molecule has 0 saturated carbocycles. The lowest BCUT2D eigenvalue weighted by molar-refractivity contribution is -0.123. The van der Waals surface area contributed by atoms with Crippen LogP contribution in [0.1, 0.15) is 187 Å². The number of hydrogen-bond acceptors (Lipinski definition) is 3. The Bertz CT molecular complexity index is 726. The van der Waals surface area contributed by atoms with Crippen LogP contribution >= 0.6 is 0 Å². The van der Waals surface area contributed by atoms with E-state index >= 15 is 0 Å². The van der Waals surface area contributed by atoms with Crippen LogP contribution < -0.4 is 5.32 Å². The summed E-state index contributed by atoms with van der Waals surface area (Å²) in [6, 6.07) is -0.649. The molecule has 0 heterocycles. The van der Waals surface area contributed by atoms with Gasteiger partial charge in [0, 0.05) is 6.42 Å². The van der Waals surface area contributed by atoms with Crippen molar-refractivity contribution in [2.75, 3.05) is 6.61 Å². The molecule has 0 aromatic rings. The SMILES string of the molecule is CCCC/C=C\CCCCCCC(=O)NC(CO)C(O)/C=C/CC/C=C/CC/C=C/CCCCCCCCCCCCCCC. The van der Waals surface area contributed by atoms with Crippen LogP contribution in [-0.4, -0.2) is 34.9 Å². The van der Waals surface area contributed by atoms with Gasteiger partial charge in [-0.05, 0) is 64.2 Å². The van der Waals surface area contributed by atoms with Crippen LogP contribution in [0.25, 0.3) is 0 Å². The van der Waals surface area contributed by atoms with Crippen LogP contribution in [0, 0.1) is 0 Å². The molecule has 45 heavy (non-hydrogen) atoms. The number of carbonyl (C=O) groups is 1. The van der Waals surface area contributed by atoms with Gasteiger partial charge in [0.25, 0.3) is 0 Å². The number of unbranched alkanes of at least 4 members (excludes halogenated alkanes) is 21. The molecule has 0 aromatic carbocycles. The van der Waals surface area contributed by atoms with E-state index in [2.05, 4.69) is 55.6 Å². The lowest BCUT2D eigenvalue weighted by atomic mass is 10.0. The van der Waals surface area contributed by atoms with Gasteiger partial charge in [-0.1, -0.05) is 165 Å². The number of aliphatic hydroxyl groups excluding tert-OH is 2. The summed E-state index contributed by atoms with van der Waals surface area (Å²) in [6.07, 6.45) is 49.3. The summed E-state index contributed by atoms with van der Waals surface area (Å²) in [5.74, 6) is -0.0951. The molecule has 4 heteroatoms. The minimum absolute atomic E-state index is 0.0951. The number of rotatable bonds is 34. The normalized spacial score (nSPS) is 13.6. The molecule has 0 aromatic heterocycles. The average Bonchev–Trinajstić information content (AvgIpc) is 3.04. The summed E-state index contributed by atoms with van der Waals surface area (Å²) >= 11 is 0. The first-order valence-electron chi connectivity index (χ1n) is 19.4. The van der Waals surface area contributed by atoms with Crippen LogP contribution in [-0.2, 0) is 4.79 Å². The Hall–Kier alpha value is -1.65. The van der Waals surface area contributed by atoms with Crippen molar-refractivity contribution in [3.63, 3.8) is 0 Å². The highest BCUT2D eigenvalue weighted by Crippen LogP contribution is 2.13. The Balaban J connectivity index is 3.67. The minimum atomic E-state index is -0.873. The summed E-state index contributed by atoms with van der Waals surface area (Å²) in [7, 11) is 0. The molecule has 0 radical (unpaired) electrons. The quantitative estimate of drug-likeness (QED) is 0.0490. The maximum Gasteiger partial charge on any atom is 0.220 e. The van der Waals surface area contributed by atoms with Crippen molar-refractivity contribution in [3.8, 4) is 0 Å². The molecule has 2 atom stereocenters. The first kappa shape index (κ1) is 43.4. The monoisotopic (exact) mass is 630 g/mol. The molecule has 262 valence electrons. The van der Waals surface area contributed by atoms with Crippen molar-refractivity contribution in [1.29, 1.82) is 0 Å². The second kappa shape index (κ2) is 36.8. The molecule has 0 aliphatic heterocycles. The minimum Gasteiger partial charge on any atom is -0.394 e. The summed E-state index contributed by atoms with van der Waals surface area (Å²) in [4.78, 5) is 12.2. The van der Waals surface area contributed by atoms with E-state index in [1.807, 2.05) is 6.08 Å². The highest BCUT2D eigenvalue weighted by atomic mass is 16.3. The van der Waals surface area contributed by atoms with Gasteiger partial charge in [0.2, 0.25) is 5.91 Å². The maximum absolute atomic E-state index is 12.2. The van der Waals surface area contributed by atoms with Crippen LogP contribution in [0.2, 0.25) is 0 Å². The van der Waals surface area contributed by atoms with E-state index in [1.165, 1.54) is 116 Å². The molecule has 0 rings (SSSR count). The molecule has 0 aliphatic carbocycles. The van der Waals surface area contributed by atoms with Gasteiger partial charge in [-0.2, -0.15) is 0 Å². The van der Waals surface area contributed by atoms with Crippen LogP contribution in [0.5, 0.6) is 0 Å². The molecule has 4 nitrogen and oxygen atoms in total. The van der Waals surface area contributed by atoms with Gasteiger partial charge in [-0.3, -0.25) is 4.79 Å². The summed E-state index contributed by atoms with van der Waals surface area (Å²) in [5, 5.41) is 22.8. The second-order valence-corrected chi connectivity index (χ2v) is 13.0. The number of amides is 1. The fraction of sp³-hybridized carbons (Fsp3) is 0.780. The Labute approximate surface area is 280 Å². The van der Waals surface area contributed by atoms with E-state index in [4.69, 9.17) is 0 Å². The van der Waals surface area contributed by atoms with Crippen molar-refractivity contribution < 1.29 is 15.0 Å². The van der Waals surface area contributed by atoms with Gasteiger partial charge in [0.05, 0.1) is 18.8 Å². The van der Waals surface area contributed by atoms with Gasteiger partial charge in [0.1, 0.15) is 0 Å². The maximum atomic E-state index is 12.2. The van der Waals surface area contributed by atoms with E-state index in [9.17, 15) is 15.0 Å². The zero-order chi connectivity index (χ0) is 32.9. The number of nitrogens with one attached hydrogen (secondary N) is 1. The third kappa shape index (κ3) is 33.5. The van der Waals surface area contributed by atoms with Gasteiger partial charge in [-0.25, -0.2) is 0 Å². The summed E-state index contributed by atoms with van der Waals surface area (Å²) in [5.41, 5.74) is 0. The van der Waals surface area contributed by atoms with E-state index in [0.29, 0.717) is 6.42 Å². The molecule has 0 aliphatic rings. The van der Waals surface area contributed by atoms with E-state index in [0.717, 1.165) is 51.4 Å². The molecular formula is C41H75NO3. The van der Waals surface area contributed by atoms with Gasteiger partial charge in [0.15, 0.2) is 0 Å². The number of allylic oxidation sites excluding steroid dienone is 7. The summed E-state index contributed by atoms with van der Waals surface area (Å²) < 4.78 is 0. The van der Waals surface area contributed by atoms with Crippen LogP contribution in [0.3, 0.4) is 0 Å². The van der Waals surface area contributed by atoms with Crippen LogP contribution in [0.15, 0.2) is 48.6 Å². The lowest BCUT2D eigenvalue weighted by Crippen LogP contribution is -2.45. The highest BCUT2D eigenvalue weighted by molar-refractivity contribution is 5.76. The topological polar surface area (TPSA) is 69.6 Å². The van der Waals surface area contributed by atoms with Gasteiger partial charge >= 0.3 is 0 Å². The first-order chi connectivity index (χ1) is 22.2. The third-order valence-corrected chi connectivity index (χ3v) is 8.51. The predicted octanol–water partition coefficient (Wildman–Crippen LogP) is 11.6. The molecule has 3 N–H and O–H groups in total. The Morgan fingerprint density at radius 1 is 0.511 bits per heavy atom. The second-order valence-electron chi connectivity index (χ2n) is 13.0. The Morgan fingerprint density at radius 2 is 0.889 bits per heavy atom. The fourth-order valence-electron chi connectivity index (χ4n) is 5.48. The molecule has 0 bridgehead atoms. The Kier molecular flexibility index (Phi) is 35.5.